The van der Waals surface area contributed by atoms with E-state index in [9.17, 15) is 5.11 Å². The molecule has 1 N–H and O–H groups in total. The Bertz CT molecular complexity index is 831. The Kier molecular flexibility index (Phi) is 8.98. The van der Waals surface area contributed by atoms with Crippen molar-refractivity contribution in [1.82, 2.24) is 0 Å². The number of hydrogen-bond acceptors (Lipinski definition) is 2. The van der Waals surface area contributed by atoms with Gasteiger partial charge in [0.25, 0.3) is 0 Å². The summed E-state index contributed by atoms with van der Waals surface area (Å²) < 4.78 is 0. The summed E-state index contributed by atoms with van der Waals surface area (Å²) in [7, 11) is 14.3. The topological polar surface area (TPSA) is 23.5 Å². The Hall–Kier alpha value is -1.02. The van der Waals surface area contributed by atoms with Crippen molar-refractivity contribution in [2.24, 2.45) is 0 Å². The van der Waals surface area contributed by atoms with Crippen LogP contribution in [-0.2, 0) is 17.0 Å². The second-order valence-corrected chi connectivity index (χ2v) is 9.58. The standard InChI is InChI=1S/C20H20NOP.2ClH.Ti/c1-21(2)17-12-6-7-13-18(17)23-19-14-8-11-16(20(19)22)15-9-4-3-5-10-15;;;/h3-14,22-23H,1-2H3;2*1H;/q;;;+2/p-2. The Morgan fingerprint density at radius 1 is 0.808 bits per heavy atom. The van der Waals surface area contributed by atoms with Crippen LogP contribution in [0, 0.1) is 0 Å². The average molecular weight is 440 g/mol. The monoisotopic (exact) mass is 439 g/mol. The van der Waals surface area contributed by atoms with E-state index in [0.717, 1.165) is 16.4 Å². The maximum absolute atomic E-state index is 10.7. The third kappa shape index (κ3) is 5.74. The van der Waals surface area contributed by atoms with E-state index < -0.39 is 17.0 Å². The van der Waals surface area contributed by atoms with E-state index >= 15 is 0 Å². The first kappa shape index (κ1) is 21.3. The van der Waals surface area contributed by atoms with Crippen molar-refractivity contribution < 1.29 is 22.1 Å². The van der Waals surface area contributed by atoms with Crippen molar-refractivity contribution in [2.45, 2.75) is 0 Å². The Labute approximate surface area is 173 Å². The zero-order valence-corrected chi connectivity index (χ0v) is 18.7. The molecule has 0 amide bonds. The molecule has 1 unspecified atom stereocenters. The molecule has 134 valence electrons. The van der Waals surface area contributed by atoms with Crippen molar-refractivity contribution in [2.75, 3.05) is 19.0 Å². The molecular weight excluding hydrogens is 420 g/mol. The van der Waals surface area contributed by atoms with Crippen molar-refractivity contribution in [1.29, 1.82) is 0 Å². The van der Waals surface area contributed by atoms with E-state index in [1.165, 1.54) is 11.0 Å². The van der Waals surface area contributed by atoms with Crippen LogP contribution in [0.25, 0.3) is 11.1 Å². The van der Waals surface area contributed by atoms with Gasteiger partial charge in [-0.2, -0.15) is 0 Å². The van der Waals surface area contributed by atoms with Crippen LogP contribution in [0.5, 0.6) is 5.75 Å². The van der Waals surface area contributed by atoms with Crippen LogP contribution >= 0.6 is 27.2 Å². The Morgan fingerprint density at radius 3 is 2.04 bits per heavy atom. The minimum absolute atomic E-state index is 0.380. The number of para-hydroxylation sites is 2. The van der Waals surface area contributed by atoms with E-state index in [1.54, 1.807) is 0 Å². The minimum atomic E-state index is -0.556. The molecule has 0 bridgehead atoms. The molecule has 3 aromatic carbocycles. The second-order valence-electron chi connectivity index (χ2n) is 5.68. The molecule has 26 heavy (non-hydrogen) atoms. The number of phenolic OH excluding ortho intramolecular Hbond substituents is 1. The second kappa shape index (κ2) is 11.0. The van der Waals surface area contributed by atoms with Crippen molar-refractivity contribution in [3.63, 3.8) is 0 Å². The van der Waals surface area contributed by atoms with Crippen LogP contribution in [0.3, 0.4) is 0 Å². The third-order valence-corrected chi connectivity index (χ3v) is 5.14. The number of benzene rings is 3. The molecule has 0 heterocycles. The summed E-state index contributed by atoms with van der Waals surface area (Å²) in [6, 6.07) is 24.3. The van der Waals surface area contributed by atoms with E-state index in [1.807, 2.05) is 74.8 Å². The van der Waals surface area contributed by atoms with Gasteiger partial charge in [0.1, 0.15) is 5.75 Å². The first-order chi connectivity index (χ1) is 12.6. The van der Waals surface area contributed by atoms with Crippen LogP contribution in [-0.4, -0.2) is 19.2 Å². The molecule has 0 fully saturated rings. The fourth-order valence-corrected chi connectivity index (χ4v) is 3.95. The predicted molar refractivity (Wildman–Crippen MR) is 114 cm³/mol. The molecule has 3 rings (SSSR count). The van der Waals surface area contributed by atoms with Gasteiger partial charge in [-0.3, -0.25) is 0 Å². The van der Waals surface area contributed by atoms with Crippen molar-refractivity contribution >= 4 is 43.5 Å². The quantitative estimate of drug-likeness (QED) is 0.449. The van der Waals surface area contributed by atoms with Crippen LogP contribution < -0.4 is 15.5 Å². The summed E-state index contributed by atoms with van der Waals surface area (Å²) in [6.07, 6.45) is 0. The number of rotatable bonds is 4. The molecule has 0 aliphatic rings. The molecule has 0 spiro atoms. The molecule has 0 saturated carbocycles. The number of phenols is 1. The van der Waals surface area contributed by atoms with E-state index in [2.05, 4.69) is 17.0 Å². The van der Waals surface area contributed by atoms with E-state index in [0.29, 0.717) is 14.3 Å². The normalized spacial score (nSPS) is 10.3. The zero-order valence-electron chi connectivity index (χ0n) is 14.6. The molecule has 0 saturated heterocycles. The molecule has 6 heteroatoms. The van der Waals surface area contributed by atoms with Gasteiger partial charge in [-0.1, -0.05) is 75.3 Å². The SMILES string of the molecule is CN(C)c1ccccc1Pc1cccc(-c2ccccc2)c1O.[Cl][Ti][Cl]. The van der Waals surface area contributed by atoms with Crippen molar-refractivity contribution in [3.8, 4) is 16.9 Å². The molecule has 2 nitrogen and oxygen atoms in total. The van der Waals surface area contributed by atoms with E-state index in [-0.39, 0.29) is 0 Å². The molecule has 3 aromatic rings. The van der Waals surface area contributed by atoms with Crippen molar-refractivity contribution in [3.05, 3.63) is 72.8 Å². The average Bonchev–Trinajstić information content (AvgIpc) is 2.65. The number of anilines is 1. The van der Waals surface area contributed by atoms with Gasteiger partial charge >= 0.3 is 35.6 Å². The summed E-state index contributed by atoms with van der Waals surface area (Å²) >= 11 is -0.556. The number of aromatic hydroxyl groups is 1. The fourth-order valence-electron chi connectivity index (χ4n) is 2.61. The van der Waals surface area contributed by atoms with Crippen LogP contribution in [0.4, 0.5) is 5.69 Å². The fraction of sp³-hybridized carbons (Fsp3) is 0.100. The number of hydrogen-bond donors (Lipinski definition) is 1. The van der Waals surface area contributed by atoms with Gasteiger partial charge in [0, 0.05) is 36.0 Å². The third-order valence-electron chi connectivity index (χ3n) is 3.78. The first-order valence-corrected chi connectivity index (χ1v) is 13.2. The Morgan fingerprint density at radius 2 is 1.38 bits per heavy atom. The summed E-state index contributed by atoms with van der Waals surface area (Å²) in [5.74, 6) is 0.380. The Balaban J connectivity index is 0.000000758. The number of nitrogens with zero attached hydrogens (tertiary/aromatic N) is 1. The van der Waals surface area contributed by atoms with Gasteiger partial charge in [0.05, 0.1) is 0 Å². The van der Waals surface area contributed by atoms with Gasteiger partial charge in [0.2, 0.25) is 0 Å². The van der Waals surface area contributed by atoms with Crippen LogP contribution in [0.15, 0.2) is 72.8 Å². The molecule has 0 aromatic heterocycles. The zero-order chi connectivity index (χ0) is 18.9. The summed E-state index contributed by atoms with van der Waals surface area (Å²) in [5, 5.41) is 12.9. The summed E-state index contributed by atoms with van der Waals surface area (Å²) in [6.45, 7) is 0. The molecule has 0 aliphatic heterocycles. The first-order valence-electron chi connectivity index (χ1n) is 7.95. The van der Waals surface area contributed by atoms with Gasteiger partial charge in [-0.25, -0.2) is 0 Å². The van der Waals surface area contributed by atoms with Crippen LogP contribution in [0.2, 0.25) is 0 Å². The molecule has 1 atom stereocenters. The van der Waals surface area contributed by atoms with Gasteiger partial charge in [0.15, 0.2) is 0 Å². The van der Waals surface area contributed by atoms with Crippen LogP contribution in [0.1, 0.15) is 0 Å². The molecule has 0 aliphatic carbocycles. The summed E-state index contributed by atoms with van der Waals surface area (Å²) in [4.78, 5) is 2.11. The molecule has 0 radical (unpaired) electrons. The maximum atomic E-state index is 10.7. The predicted octanol–water partition coefficient (Wildman–Crippen LogP) is 5.13. The van der Waals surface area contributed by atoms with Gasteiger partial charge in [-0.15, -0.1) is 0 Å². The van der Waals surface area contributed by atoms with Gasteiger partial charge in [-0.05, 0) is 11.6 Å². The molecular formula is C20H20Cl2NOPTi. The van der Waals surface area contributed by atoms with E-state index in [4.69, 9.17) is 18.6 Å². The summed E-state index contributed by atoms with van der Waals surface area (Å²) in [5.41, 5.74) is 3.12. The number of halogens is 2. The van der Waals surface area contributed by atoms with Gasteiger partial charge < -0.3 is 10.0 Å².